The van der Waals surface area contributed by atoms with Gasteiger partial charge < -0.3 is 34.2 Å². The van der Waals surface area contributed by atoms with E-state index in [0.29, 0.717) is 19.3 Å². The van der Waals surface area contributed by atoms with Crippen molar-refractivity contribution in [3.05, 3.63) is 207 Å². The summed E-state index contributed by atoms with van der Waals surface area (Å²) < 4.78 is 61.5. The predicted octanol–water partition coefficient (Wildman–Crippen LogP) is 29.6. The summed E-state index contributed by atoms with van der Waals surface area (Å²) in [5.74, 6) is -1.61. The van der Waals surface area contributed by atoms with Crippen LogP contribution in [0.5, 0.6) is 0 Å². The van der Waals surface area contributed by atoms with E-state index < -0.39 is 91.5 Å². The Morgan fingerprint density at radius 2 is 0.413 bits per heavy atom. The van der Waals surface area contributed by atoms with E-state index in [4.69, 9.17) is 32.3 Å². The van der Waals surface area contributed by atoms with Gasteiger partial charge >= 0.3 is 33.6 Å². The van der Waals surface area contributed by atoms with Crippen LogP contribution in [0.4, 0.5) is 0 Å². The van der Waals surface area contributed by atoms with Crippen LogP contribution in [0.15, 0.2) is 207 Å². The number of phosphoric ester groups is 2. The minimum Gasteiger partial charge on any atom is -0.463 e. The number of hydrogen-bond donors (Lipinski definition) is 4. The Labute approximate surface area is 737 Å². The van der Waals surface area contributed by atoms with Gasteiger partial charge in [-0.1, -0.05) is 388 Å². The molecule has 0 spiro atoms. The van der Waals surface area contributed by atoms with Crippen molar-refractivity contribution < 1.29 is 75.8 Å². The van der Waals surface area contributed by atoms with Crippen molar-refractivity contribution in [2.45, 2.75) is 386 Å². The third kappa shape index (κ3) is 94.6. The van der Waals surface area contributed by atoms with Crippen LogP contribution in [-0.4, -0.2) is 95.9 Å². The Bertz CT molecular complexity index is 3030. The van der Waals surface area contributed by atoms with Gasteiger partial charge in [-0.25, -0.2) is 9.13 Å². The number of carbonyl (C=O) groups is 3. The molecule has 688 valence electrons. The maximum absolute atomic E-state index is 13.1. The summed E-state index contributed by atoms with van der Waals surface area (Å²) in [5, 5.41) is 20.8. The van der Waals surface area contributed by atoms with Gasteiger partial charge in [-0.15, -0.1) is 0 Å². The Morgan fingerprint density at radius 3 is 0.653 bits per heavy atom. The average molecular weight is 1730 g/mol. The van der Waals surface area contributed by atoms with E-state index in [9.17, 15) is 43.5 Å². The van der Waals surface area contributed by atoms with Gasteiger partial charge in [0.1, 0.15) is 25.4 Å². The molecular formula is C103H170O16P2. The first kappa shape index (κ1) is 115. The highest BCUT2D eigenvalue weighted by Crippen LogP contribution is 2.45. The lowest BCUT2D eigenvalue weighted by Gasteiger charge is -2.21. The Morgan fingerprint density at radius 1 is 0.231 bits per heavy atom. The molecule has 121 heavy (non-hydrogen) atoms. The first-order chi connectivity index (χ1) is 59.2. The lowest BCUT2D eigenvalue weighted by Crippen LogP contribution is -2.30. The molecule has 5 atom stereocenters. The van der Waals surface area contributed by atoms with Crippen molar-refractivity contribution in [3.8, 4) is 0 Å². The zero-order valence-electron chi connectivity index (χ0n) is 75.9. The number of aliphatic hydroxyl groups is 2. The fraction of sp³-hybridized carbons (Fsp3) is 0.641. The number of carbonyl (C=O) groups excluding carboxylic acids is 3. The van der Waals surface area contributed by atoms with Crippen molar-refractivity contribution in [2.24, 2.45) is 0 Å². The van der Waals surface area contributed by atoms with Crippen molar-refractivity contribution in [2.75, 3.05) is 39.6 Å². The fourth-order valence-corrected chi connectivity index (χ4v) is 14.0. The molecular weight excluding hydrogens is 1560 g/mol. The number of esters is 3. The van der Waals surface area contributed by atoms with Crippen LogP contribution >= 0.6 is 15.6 Å². The molecule has 0 aromatic rings. The Kier molecular flexibility index (Phi) is 88.8. The highest BCUT2D eigenvalue weighted by atomic mass is 31.2. The summed E-state index contributed by atoms with van der Waals surface area (Å²) in [4.78, 5) is 59.0. The van der Waals surface area contributed by atoms with Crippen LogP contribution in [0.2, 0.25) is 0 Å². The summed E-state index contributed by atoms with van der Waals surface area (Å²) in [7, 11) is -9.83. The molecule has 0 radical (unpaired) electrons. The molecule has 0 aromatic carbocycles. The molecule has 18 heteroatoms. The van der Waals surface area contributed by atoms with Gasteiger partial charge in [0.05, 0.1) is 26.4 Å². The average Bonchev–Trinajstić information content (AvgIpc) is 0.893. The first-order valence-electron chi connectivity index (χ1n) is 47.4. The van der Waals surface area contributed by atoms with E-state index in [1.807, 2.05) is 0 Å². The fourth-order valence-electron chi connectivity index (χ4n) is 12.4. The predicted molar refractivity (Wildman–Crippen MR) is 509 cm³/mol. The summed E-state index contributed by atoms with van der Waals surface area (Å²) in [6.07, 6.45) is 126. The van der Waals surface area contributed by atoms with Gasteiger partial charge in [0, 0.05) is 19.3 Å². The second-order valence-electron chi connectivity index (χ2n) is 31.0. The summed E-state index contributed by atoms with van der Waals surface area (Å²) in [5.41, 5.74) is 0. The molecule has 0 saturated heterocycles. The Hall–Kier alpha value is -5.87. The zero-order valence-corrected chi connectivity index (χ0v) is 77.7. The largest absolute Gasteiger partial charge is 0.472 e. The van der Waals surface area contributed by atoms with Crippen molar-refractivity contribution >= 4 is 33.6 Å². The van der Waals surface area contributed by atoms with Crippen LogP contribution in [0.3, 0.4) is 0 Å². The third-order valence-electron chi connectivity index (χ3n) is 19.5. The molecule has 0 rings (SSSR count). The molecule has 0 aromatic heterocycles. The standard InChI is InChI=1S/C103H170O16P2/c1-4-7-10-13-16-19-22-25-28-31-34-37-40-42-44-45-46-47-48-49-50-51-53-55-57-59-62-65-68-71-74-77-80-83-86-89-101(106)113-92-98(104)93-115-120(109,110)116-94-99(105)95-117-121(111,112)118-97-100(119-103(108)91-88-85-82-79-76-73-70-67-64-61-56-39-36-33-30-27-24-21-18-15-12-9-6-3)96-114-102(107)90-87-84-81-78-75-72-69-66-63-60-58-54-52-43-41-38-35-32-29-26-23-20-17-14-11-8-5-2/h7-12,16-21,25-30,34-39,42-44,52,58,60-61,64,70,73,98-100,104-105H,4-6,13-15,22-24,31-33,40-41,45-51,53-57,59,62-63,65-69,71-72,74-97H2,1-3H3,(H,109,110)(H,111,112)/b10-7-,11-8-,12-9-,19-16-,20-17-,21-18-,28-25-,29-26-,30-27-,37-34-,38-35-,39-36-,44-42-,52-43-,60-58-,64-61-,73-70-. The van der Waals surface area contributed by atoms with Gasteiger partial charge in [-0.2, -0.15) is 0 Å². The summed E-state index contributed by atoms with van der Waals surface area (Å²) in [6.45, 7) is 2.33. The van der Waals surface area contributed by atoms with Crippen LogP contribution in [-0.2, 0) is 55.8 Å². The second-order valence-corrected chi connectivity index (χ2v) is 33.9. The number of aliphatic hydroxyl groups excluding tert-OH is 2. The SMILES string of the molecule is CC/C=C\C/C=C\C/C=C\C/C=C\C/C=C\C/C=C\CCCCCCCCCCC(=O)OCC(COP(=O)(O)OCC(O)COP(=O)(O)OCC(O)COC(=O)CCCCCCCCCCCCCCCCCCCCC/C=C\C/C=C\C/C=C\C/C=C\C/C=C\CC)OC(=O)CCCCCC/C=C\C/C=C\C/C=C\C/C=C\C/C=C\C/C=C\CC. The van der Waals surface area contributed by atoms with Gasteiger partial charge in [-0.05, 0) is 167 Å². The monoisotopic (exact) mass is 1730 g/mol. The highest BCUT2D eigenvalue weighted by Gasteiger charge is 2.29. The molecule has 0 fully saturated rings. The third-order valence-corrected chi connectivity index (χ3v) is 21.4. The molecule has 0 saturated carbocycles. The number of hydrogen-bond acceptors (Lipinski definition) is 14. The highest BCUT2D eigenvalue weighted by molar-refractivity contribution is 7.47. The topological polar surface area (TPSA) is 231 Å². The number of ether oxygens (including phenoxy) is 3. The normalized spacial score (nSPS) is 14.7. The van der Waals surface area contributed by atoms with Gasteiger partial charge in [0.15, 0.2) is 6.10 Å². The first-order valence-corrected chi connectivity index (χ1v) is 50.4. The molecule has 0 heterocycles. The van der Waals surface area contributed by atoms with Crippen LogP contribution in [0, 0.1) is 0 Å². The molecule has 4 N–H and O–H groups in total. The lowest BCUT2D eigenvalue weighted by molar-refractivity contribution is -0.161. The Balaban J connectivity index is 4.60. The molecule has 0 aliphatic heterocycles. The van der Waals surface area contributed by atoms with E-state index in [2.05, 4.69) is 227 Å². The maximum atomic E-state index is 13.1. The van der Waals surface area contributed by atoms with Gasteiger partial charge in [-0.3, -0.25) is 32.5 Å². The molecule has 0 bridgehead atoms. The quantitative estimate of drug-likeness (QED) is 0.0146. The molecule has 0 amide bonds. The smallest absolute Gasteiger partial charge is 0.463 e. The van der Waals surface area contributed by atoms with Crippen molar-refractivity contribution in [1.29, 1.82) is 0 Å². The second kappa shape index (κ2) is 93.3. The van der Waals surface area contributed by atoms with E-state index in [1.54, 1.807) is 0 Å². The zero-order chi connectivity index (χ0) is 87.9. The van der Waals surface area contributed by atoms with Crippen LogP contribution < -0.4 is 0 Å². The lowest BCUT2D eigenvalue weighted by atomic mass is 10.0. The van der Waals surface area contributed by atoms with Crippen LogP contribution in [0.25, 0.3) is 0 Å². The minimum absolute atomic E-state index is 0.0652. The van der Waals surface area contributed by atoms with E-state index in [0.717, 1.165) is 199 Å². The van der Waals surface area contributed by atoms with E-state index in [-0.39, 0.29) is 19.3 Å². The summed E-state index contributed by atoms with van der Waals surface area (Å²) in [6, 6.07) is 0. The molecule has 16 nitrogen and oxygen atoms in total. The number of rotatable bonds is 88. The number of phosphoric acid groups is 2. The van der Waals surface area contributed by atoms with Crippen molar-refractivity contribution in [1.82, 2.24) is 0 Å². The van der Waals surface area contributed by atoms with Crippen LogP contribution in [0.1, 0.15) is 367 Å². The van der Waals surface area contributed by atoms with E-state index >= 15 is 0 Å². The molecule has 0 aliphatic rings. The van der Waals surface area contributed by atoms with Gasteiger partial charge in [0.2, 0.25) is 0 Å². The summed E-state index contributed by atoms with van der Waals surface area (Å²) >= 11 is 0. The van der Waals surface area contributed by atoms with E-state index in [1.165, 1.54) is 109 Å². The maximum Gasteiger partial charge on any atom is 0.472 e. The number of allylic oxidation sites excluding steroid dienone is 34. The minimum atomic E-state index is -4.96. The molecule has 5 unspecified atom stereocenters. The van der Waals surface area contributed by atoms with Crippen molar-refractivity contribution in [3.63, 3.8) is 0 Å². The van der Waals surface area contributed by atoms with Gasteiger partial charge in [0.25, 0.3) is 0 Å². The number of unbranched alkanes of at least 4 members (excludes halogenated alkanes) is 31. The molecule has 0 aliphatic carbocycles.